The van der Waals surface area contributed by atoms with Gasteiger partial charge in [-0.05, 0) is 19.3 Å². The number of rotatable bonds is 5. The molecule has 2 atom stereocenters. The molecule has 1 heterocycles. The SMILES string of the molecule is CC(C)C(CNC(=O)NC1(C)CCOC1)C(=O)O. The predicted octanol–water partition coefficient (Wildman–Crippen LogP) is 0.821. The monoisotopic (exact) mass is 258 g/mol. The molecule has 1 fully saturated rings. The summed E-state index contributed by atoms with van der Waals surface area (Å²) in [5.74, 6) is -1.47. The van der Waals surface area contributed by atoms with Crippen molar-refractivity contribution < 1.29 is 19.4 Å². The highest BCUT2D eigenvalue weighted by molar-refractivity contribution is 5.76. The molecule has 0 bridgehead atoms. The molecule has 0 aromatic carbocycles. The second-order valence-electron chi connectivity index (χ2n) is 5.39. The van der Waals surface area contributed by atoms with E-state index in [0.29, 0.717) is 13.2 Å². The van der Waals surface area contributed by atoms with E-state index in [0.717, 1.165) is 6.42 Å². The van der Waals surface area contributed by atoms with Crippen molar-refractivity contribution in [2.24, 2.45) is 11.8 Å². The van der Waals surface area contributed by atoms with Gasteiger partial charge in [0, 0.05) is 13.2 Å². The van der Waals surface area contributed by atoms with Crippen LogP contribution in [0.3, 0.4) is 0 Å². The molecule has 1 aliphatic heterocycles. The lowest BCUT2D eigenvalue weighted by molar-refractivity contribution is -0.142. The number of hydrogen-bond acceptors (Lipinski definition) is 3. The van der Waals surface area contributed by atoms with Gasteiger partial charge >= 0.3 is 12.0 Å². The van der Waals surface area contributed by atoms with Crippen molar-refractivity contribution in [2.45, 2.75) is 32.7 Å². The Kier molecular flexibility index (Phi) is 4.95. The van der Waals surface area contributed by atoms with Crippen molar-refractivity contribution in [2.75, 3.05) is 19.8 Å². The highest BCUT2D eigenvalue weighted by Crippen LogP contribution is 2.17. The van der Waals surface area contributed by atoms with Crippen LogP contribution >= 0.6 is 0 Å². The summed E-state index contributed by atoms with van der Waals surface area (Å²) in [5.41, 5.74) is -0.347. The van der Waals surface area contributed by atoms with Crippen LogP contribution in [0.1, 0.15) is 27.2 Å². The molecule has 6 heteroatoms. The van der Waals surface area contributed by atoms with Crippen LogP contribution in [0, 0.1) is 11.8 Å². The lowest BCUT2D eigenvalue weighted by Crippen LogP contribution is -2.52. The van der Waals surface area contributed by atoms with E-state index < -0.39 is 11.9 Å². The number of aliphatic carboxylic acids is 1. The van der Waals surface area contributed by atoms with Crippen LogP contribution in [0.15, 0.2) is 0 Å². The average Bonchev–Trinajstić information content (AvgIpc) is 2.63. The molecule has 0 aromatic rings. The third kappa shape index (κ3) is 4.18. The molecular weight excluding hydrogens is 236 g/mol. The van der Waals surface area contributed by atoms with Gasteiger partial charge in [-0.25, -0.2) is 4.79 Å². The summed E-state index contributed by atoms with van der Waals surface area (Å²) in [5, 5.41) is 14.4. The Morgan fingerprint density at radius 1 is 1.44 bits per heavy atom. The fourth-order valence-corrected chi connectivity index (χ4v) is 1.89. The first-order valence-electron chi connectivity index (χ1n) is 6.20. The molecule has 3 N–H and O–H groups in total. The third-order valence-corrected chi connectivity index (χ3v) is 3.24. The number of urea groups is 1. The lowest BCUT2D eigenvalue weighted by Gasteiger charge is -2.24. The Bertz CT molecular complexity index is 311. The lowest BCUT2D eigenvalue weighted by atomic mass is 9.96. The first-order chi connectivity index (χ1) is 8.34. The number of hydrogen-bond donors (Lipinski definition) is 3. The molecule has 1 saturated heterocycles. The molecule has 18 heavy (non-hydrogen) atoms. The minimum atomic E-state index is -0.888. The highest BCUT2D eigenvalue weighted by atomic mass is 16.5. The molecule has 0 radical (unpaired) electrons. The molecule has 0 spiro atoms. The van der Waals surface area contributed by atoms with E-state index in [9.17, 15) is 9.59 Å². The van der Waals surface area contributed by atoms with E-state index in [-0.39, 0.29) is 24.0 Å². The number of carboxylic acid groups (broad SMARTS) is 1. The molecule has 0 saturated carbocycles. The summed E-state index contributed by atoms with van der Waals surface area (Å²) in [4.78, 5) is 22.7. The van der Waals surface area contributed by atoms with Gasteiger partial charge in [0.15, 0.2) is 0 Å². The Hall–Kier alpha value is -1.30. The first kappa shape index (κ1) is 14.8. The summed E-state index contributed by atoms with van der Waals surface area (Å²) in [6, 6.07) is -0.338. The maximum absolute atomic E-state index is 11.7. The summed E-state index contributed by atoms with van der Waals surface area (Å²) < 4.78 is 5.23. The van der Waals surface area contributed by atoms with Gasteiger partial charge in [0.05, 0.1) is 18.1 Å². The highest BCUT2D eigenvalue weighted by Gasteiger charge is 2.31. The minimum Gasteiger partial charge on any atom is -0.481 e. The number of amides is 2. The first-order valence-corrected chi connectivity index (χ1v) is 6.20. The Morgan fingerprint density at radius 3 is 2.56 bits per heavy atom. The maximum atomic E-state index is 11.7. The van der Waals surface area contributed by atoms with E-state index >= 15 is 0 Å². The van der Waals surface area contributed by atoms with Gasteiger partial charge in [0.25, 0.3) is 0 Å². The standard InChI is InChI=1S/C12H22N2O4/c1-8(2)9(10(15)16)6-13-11(17)14-12(3)4-5-18-7-12/h8-9H,4-7H2,1-3H3,(H,15,16)(H2,13,14,17). The number of nitrogens with one attached hydrogen (secondary N) is 2. The van der Waals surface area contributed by atoms with Crippen LogP contribution < -0.4 is 10.6 Å². The van der Waals surface area contributed by atoms with E-state index in [1.165, 1.54) is 0 Å². The van der Waals surface area contributed by atoms with Crippen LogP contribution in [-0.2, 0) is 9.53 Å². The van der Waals surface area contributed by atoms with Gasteiger partial charge in [-0.1, -0.05) is 13.8 Å². The van der Waals surface area contributed by atoms with E-state index in [2.05, 4.69) is 10.6 Å². The summed E-state index contributed by atoms with van der Waals surface area (Å²) in [6.45, 7) is 6.83. The van der Waals surface area contributed by atoms with Crippen LogP contribution in [0.4, 0.5) is 4.79 Å². The Labute approximate surface area is 107 Å². The zero-order valence-electron chi connectivity index (χ0n) is 11.2. The molecule has 0 aliphatic carbocycles. The van der Waals surface area contributed by atoms with Crippen molar-refractivity contribution in [3.63, 3.8) is 0 Å². The summed E-state index contributed by atoms with van der Waals surface area (Å²) in [7, 11) is 0. The molecule has 2 amide bonds. The van der Waals surface area contributed by atoms with Crippen LogP contribution in [0.5, 0.6) is 0 Å². The quantitative estimate of drug-likeness (QED) is 0.681. The molecule has 6 nitrogen and oxygen atoms in total. The van der Waals surface area contributed by atoms with E-state index in [1.54, 1.807) is 0 Å². The maximum Gasteiger partial charge on any atom is 0.315 e. The van der Waals surface area contributed by atoms with Crippen molar-refractivity contribution in [1.29, 1.82) is 0 Å². The van der Waals surface area contributed by atoms with E-state index in [4.69, 9.17) is 9.84 Å². The smallest absolute Gasteiger partial charge is 0.315 e. The van der Waals surface area contributed by atoms with Gasteiger partial charge in [-0.2, -0.15) is 0 Å². The summed E-state index contributed by atoms with van der Waals surface area (Å²) in [6.07, 6.45) is 0.771. The zero-order valence-corrected chi connectivity index (χ0v) is 11.2. The number of carbonyl (C=O) groups excluding carboxylic acids is 1. The number of carboxylic acids is 1. The Balaban J connectivity index is 2.38. The molecule has 2 unspecified atom stereocenters. The molecule has 104 valence electrons. The Morgan fingerprint density at radius 2 is 2.11 bits per heavy atom. The second kappa shape index (κ2) is 6.04. The molecular formula is C12H22N2O4. The van der Waals surface area contributed by atoms with Crippen LogP contribution in [0.25, 0.3) is 0 Å². The van der Waals surface area contributed by atoms with Crippen LogP contribution in [-0.4, -0.2) is 42.4 Å². The minimum absolute atomic E-state index is 0.0202. The molecule has 1 aliphatic rings. The molecule has 1 rings (SSSR count). The van der Waals surface area contributed by atoms with E-state index in [1.807, 2.05) is 20.8 Å². The predicted molar refractivity (Wildman–Crippen MR) is 66.3 cm³/mol. The van der Waals surface area contributed by atoms with Gasteiger partial charge in [-0.15, -0.1) is 0 Å². The van der Waals surface area contributed by atoms with Crippen molar-refractivity contribution in [3.8, 4) is 0 Å². The van der Waals surface area contributed by atoms with Gasteiger partial charge in [0.2, 0.25) is 0 Å². The molecule has 0 aromatic heterocycles. The average molecular weight is 258 g/mol. The number of ether oxygens (including phenoxy) is 1. The third-order valence-electron chi connectivity index (χ3n) is 3.24. The van der Waals surface area contributed by atoms with Gasteiger partial charge < -0.3 is 20.5 Å². The largest absolute Gasteiger partial charge is 0.481 e. The van der Waals surface area contributed by atoms with Crippen molar-refractivity contribution >= 4 is 12.0 Å². The summed E-state index contributed by atoms with van der Waals surface area (Å²) >= 11 is 0. The van der Waals surface area contributed by atoms with Gasteiger partial charge in [-0.3, -0.25) is 4.79 Å². The van der Waals surface area contributed by atoms with Crippen LogP contribution in [0.2, 0.25) is 0 Å². The normalized spacial score (nSPS) is 24.9. The fourth-order valence-electron chi connectivity index (χ4n) is 1.89. The zero-order chi connectivity index (χ0) is 13.8. The van der Waals surface area contributed by atoms with Gasteiger partial charge in [0.1, 0.15) is 0 Å². The van der Waals surface area contributed by atoms with Crippen molar-refractivity contribution in [3.05, 3.63) is 0 Å². The van der Waals surface area contributed by atoms with Crippen molar-refractivity contribution in [1.82, 2.24) is 10.6 Å². The second-order valence-corrected chi connectivity index (χ2v) is 5.39. The topological polar surface area (TPSA) is 87.7 Å². The fraction of sp³-hybridized carbons (Fsp3) is 0.833. The number of carbonyl (C=O) groups is 2.